The first-order valence-corrected chi connectivity index (χ1v) is 5.73. The predicted molar refractivity (Wildman–Crippen MR) is 68.7 cm³/mol. The zero-order chi connectivity index (χ0) is 14.3. The molecule has 1 aromatic heterocycles. The Bertz CT molecular complexity index is 464. The molecular weight excluding hydrogens is 252 g/mol. The number of carbonyl (C=O) groups excluding carboxylic acids is 1. The van der Waals surface area contributed by atoms with Crippen molar-refractivity contribution in [3.05, 3.63) is 27.9 Å². The van der Waals surface area contributed by atoms with E-state index in [9.17, 15) is 14.9 Å². The van der Waals surface area contributed by atoms with Gasteiger partial charge in [0.2, 0.25) is 0 Å². The summed E-state index contributed by atoms with van der Waals surface area (Å²) in [4.78, 5) is 25.5. The maximum Gasteiger partial charge on any atom is 0.300 e. The van der Waals surface area contributed by atoms with Crippen LogP contribution in [0.4, 0.5) is 11.5 Å². The lowest BCUT2D eigenvalue weighted by molar-refractivity contribution is -0.385. The third-order valence-corrected chi connectivity index (χ3v) is 2.41. The molecule has 1 aromatic rings. The molecule has 0 bridgehead atoms. The first-order valence-electron chi connectivity index (χ1n) is 5.73. The number of hydrogen-bond acceptors (Lipinski definition) is 6. The Hall–Kier alpha value is -2.22. The molecule has 1 rings (SSSR count). The molecule has 0 aliphatic heterocycles. The molecule has 0 fully saturated rings. The van der Waals surface area contributed by atoms with Crippen LogP contribution in [0.2, 0.25) is 0 Å². The molecule has 0 saturated heterocycles. The minimum Gasteiger partial charge on any atom is -0.385 e. The van der Waals surface area contributed by atoms with Crippen LogP contribution in [0.3, 0.4) is 0 Å². The van der Waals surface area contributed by atoms with Gasteiger partial charge in [-0.05, 0) is 18.9 Å². The Balaban J connectivity index is 2.65. The molecule has 0 atom stereocenters. The molecule has 104 valence electrons. The van der Waals surface area contributed by atoms with Gasteiger partial charge in [0.05, 0.1) is 4.92 Å². The molecule has 3 N–H and O–H groups in total. The molecule has 8 nitrogen and oxygen atoms in total. The van der Waals surface area contributed by atoms with Crippen molar-refractivity contribution >= 4 is 17.4 Å². The highest BCUT2D eigenvalue weighted by Gasteiger charge is 2.20. The van der Waals surface area contributed by atoms with Gasteiger partial charge >= 0.3 is 0 Å². The van der Waals surface area contributed by atoms with E-state index in [1.54, 1.807) is 7.11 Å². The molecule has 8 heteroatoms. The Morgan fingerprint density at radius 2 is 2.32 bits per heavy atom. The minimum atomic E-state index is -0.660. The zero-order valence-corrected chi connectivity index (χ0v) is 10.6. The van der Waals surface area contributed by atoms with Crippen molar-refractivity contribution in [2.45, 2.75) is 12.8 Å². The van der Waals surface area contributed by atoms with E-state index in [2.05, 4.69) is 10.3 Å². The summed E-state index contributed by atoms with van der Waals surface area (Å²) in [6.45, 7) is 1.03. The summed E-state index contributed by atoms with van der Waals surface area (Å²) < 4.78 is 4.87. The number of aromatic nitrogens is 1. The van der Waals surface area contributed by atoms with E-state index in [1.165, 1.54) is 6.07 Å². The van der Waals surface area contributed by atoms with Crippen LogP contribution in [0.25, 0.3) is 0 Å². The number of nitrogen functional groups attached to an aromatic ring is 1. The number of pyridine rings is 1. The second-order valence-electron chi connectivity index (χ2n) is 3.84. The highest BCUT2D eigenvalue weighted by molar-refractivity contribution is 5.98. The largest absolute Gasteiger partial charge is 0.385 e. The molecule has 1 amide bonds. The van der Waals surface area contributed by atoms with Gasteiger partial charge in [-0.2, -0.15) is 0 Å². The van der Waals surface area contributed by atoms with Crippen LogP contribution in [0.15, 0.2) is 12.3 Å². The van der Waals surface area contributed by atoms with Gasteiger partial charge in [0.15, 0.2) is 0 Å². The average Bonchev–Trinajstić information content (AvgIpc) is 2.37. The maximum absolute atomic E-state index is 11.8. The summed E-state index contributed by atoms with van der Waals surface area (Å²) in [7, 11) is 1.60. The number of rotatable bonds is 7. The number of unbranched alkanes of at least 4 members (excludes halogenated alkanes) is 1. The second kappa shape index (κ2) is 7.27. The van der Waals surface area contributed by atoms with Crippen molar-refractivity contribution < 1.29 is 14.5 Å². The van der Waals surface area contributed by atoms with E-state index in [0.717, 1.165) is 19.0 Å². The van der Waals surface area contributed by atoms with E-state index < -0.39 is 10.8 Å². The summed E-state index contributed by atoms with van der Waals surface area (Å²) in [5.74, 6) is -0.464. The fraction of sp³-hybridized carbons (Fsp3) is 0.455. The number of nitrogens with zero attached hydrogens (tertiary/aromatic N) is 2. The molecular formula is C11H16N4O4. The number of hydrogen-bond donors (Lipinski definition) is 2. The highest BCUT2D eigenvalue weighted by atomic mass is 16.6. The lowest BCUT2D eigenvalue weighted by Crippen LogP contribution is -2.25. The van der Waals surface area contributed by atoms with E-state index in [0.29, 0.717) is 13.2 Å². The fourth-order valence-electron chi connectivity index (χ4n) is 1.46. The van der Waals surface area contributed by atoms with E-state index >= 15 is 0 Å². The Kier molecular flexibility index (Phi) is 5.68. The number of nitrogens with two attached hydrogens (primary N) is 1. The third-order valence-electron chi connectivity index (χ3n) is 2.41. The van der Waals surface area contributed by atoms with Crippen LogP contribution < -0.4 is 11.1 Å². The van der Waals surface area contributed by atoms with Gasteiger partial charge in [-0.15, -0.1) is 0 Å². The molecule has 0 spiro atoms. The van der Waals surface area contributed by atoms with Gasteiger partial charge in [-0.25, -0.2) is 4.98 Å². The monoisotopic (exact) mass is 268 g/mol. The van der Waals surface area contributed by atoms with Gasteiger partial charge in [-0.1, -0.05) is 0 Å². The number of methoxy groups -OCH3 is 1. The topological polar surface area (TPSA) is 120 Å². The summed E-state index contributed by atoms with van der Waals surface area (Å²) in [5, 5.41) is 13.4. The van der Waals surface area contributed by atoms with Crippen molar-refractivity contribution in [2.75, 3.05) is 26.0 Å². The summed E-state index contributed by atoms with van der Waals surface area (Å²) in [5.41, 5.74) is 4.99. The van der Waals surface area contributed by atoms with Gasteiger partial charge in [0.1, 0.15) is 17.6 Å². The number of nitro groups is 1. The molecule has 19 heavy (non-hydrogen) atoms. The highest BCUT2D eigenvalue weighted by Crippen LogP contribution is 2.18. The third kappa shape index (κ3) is 4.51. The minimum absolute atomic E-state index is 0.0649. The molecule has 0 aliphatic carbocycles. The van der Waals surface area contributed by atoms with Gasteiger partial charge in [-0.3, -0.25) is 14.9 Å². The van der Waals surface area contributed by atoms with Crippen LogP contribution in [0.1, 0.15) is 23.2 Å². The molecule has 0 unspecified atom stereocenters. The first-order chi connectivity index (χ1) is 9.06. The maximum atomic E-state index is 11.8. The smallest absolute Gasteiger partial charge is 0.300 e. The predicted octanol–water partition coefficient (Wildman–Crippen LogP) is 0.728. The molecule has 1 heterocycles. The van der Waals surface area contributed by atoms with Crippen molar-refractivity contribution in [1.29, 1.82) is 0 Å². The Morgan fingerprint density at radius 1 is 1.58 bits per heavy atom. The van der Waals surface area contributed by atoms with Crippen LogP contribution in [-0.2, 0) is 4.74 Å². The van der Waals surface area contributed by atoms with Crippen LogP contribution in [0, 0.1) is 10.1 Å². The summed E-state index contributed by atoms with van der Waals surface area (Å²) in [6.07, 6.45) is 2.51. The van der Waals surface area contributed by atoms with Crippen molar-refractivity contribution in [3.63, 3.8) is 0 Å². The normalized spacial score (nSPS) is 10.2. The van der Waals surface area contributed by atoms with Gasteiger partial charge in [0, 0.05) is 20.3 Å². The SMILES string of the molecule is COCCCCNC(=O)c1cc(N)ncc1[N+](=O)[O-]. The van der Waals surface area contributed by atoms with Gasteiger partial charge in [0.25, 0.3) is 11.6 Å². The fourth-order valence-corrected chi connectivity index (χ4v) is 1.46. The van der Waals surface area contributed by atoms with Crippen LogP contribution >= 0.6 is 0 Å². The number of carbonyl (C=O) groups is 1. The molecule has 0 aromatic carbocycles. The molecule has 0 saturated carbocycles. The van der Waals surface area contributed by atoms with Crippen LogP contribution in [-0.4, -0.2) is 36.1 Å². The number of anilines is 1. The number of ether oxygens (including phenoxy) is 1. The van der Waals surface area contributed by atoms with Crippen molar-refractivity contribution in [1.82, 2.24) is 10.3 Å². The van der Waals surface area contributed by atoms with Crippen LogP contribution in [0.5, 0.6) is 0 Å². The zero-order valence-electron chi connectivity index (χ0n) is 10.6. The van der Waals surface area contributed by atoms with E-state index in [4.69, 9.17) is 10.5 Å². The second-order valence-corrected chi connectivity index (χ2v) is 3.84. The molecule has 0 aliphatic rings. The van der Waals surface area contributed by atoms with Gasteiger partial charge < -0.3 is 15.8 Å². The average molecular weight is 268 g/mol. The summed E-state index contributed by atoms with van der Waals surface area (Å²) >= 11 is 0. The number of amides is 1. The Morgan fingerprint density at radius 3 is 2.95 bits per heavy atom. The molecule has 0 radical (unpaired) electrons. The standard InChI is InChI=1S/C11H16N4O4/c1-19-5-3-2-4-13-11(16)8-6-10(12)14-7-9(8)15(17)18/h6-7H,2-5H2,1H3,(H2,12,14)(H,13,16). The van der Waals surface area contributed by atoms with Crippen molar-refractivity contribution in [2.24, 2.45) is 0 Å². The lowest BCUT2D eigenvalue weighted by Gasteiger charge is -2.06. The quantitative estimate of drug-likeness (QED) is 0.427. The number of nitrogens with one attached hydrogen (secondary N) is 1. The van der Waals surface area contributed by atoms with E-state index in [1.807, 2.05) is 0 Å². The first kappa shape index (κ1) is 14.8. The Labute approximate surface area is 110 Å². The summed E-state index contributed by atoms with van der Waals surface area (Å²) in [6, 6.07) is 1.20. The van der Waals surface area contributed by atoms with E-state index in [-0.39, 0.29) is 17.1 Å². The lowest BCUT2D eigenvalue weighted by atomic mass is 10.2. The van der Waals surface area contributed by atoms with Crippen molar-refractivity contribution in [3.8, 4) is 0 Å².